The number of hydrogen-bond acceptors (Lipinski definition) is 4. The molecule has 1 aromatic carbocycles. The summed E-state index contributed by atoms with van der Waals surface area (Å²) in [5.74, 6) is 1.48. The van der Waals surface area contributed by atoms with Gasteiger partial charge in [0, 0.05) is 7.05 Å². The van der Waals surface area contributed by atoms with Crippen molar-refractivity contribution in [3.8, 4) is 11.5 Å². The summed E-state index contributed by atoms with van der Waals surface area (Å²) in [7, 11) is 1.78. The summed E-state index contributed by atoms with van der Waals surface area (Å²) in [6, 6.07) is 11.3. The van der Waals surface area contributed by atoms with E-state index in [1.54, 1.807) is 11.9 Å². The highest BCUT2D eigenvalue weighted by Crippen LogP contribution is 2.31. The minimum atomic E-state index is -0.155. The van der Waals surface area contributed by atoms with Gasteiger partial charge in [-0.3, -0.25) is 4.79 Å². The first-order chi connectivity index (χ1) is 10.1. The van der Waals surface area contributed by atoms with Crippen molar-refractivity contribution in [1.82, 2.24) is 4.90 Å². The average molecular weight is 368 g/mol. The summed E-state index contributed by atoms with van der Waals surface area (Å²) in [6.45, 7) is 0.936. The number of halogens is 1. The largest absolute Gasteiger partial charge is 0.486 e. The van der Waals surface area contributed by atoms with Crippen LogP contribution in [0.3, 0.4) is 0 Å². The van der Waals surface area contributed by atoms with Crippen molar-refractivity contribution in [1.29, 1.82) is 0 Å². The van der Waals surface area contributed by atoms with Crippen molar-refractivity contribution in [2.75, 3.05) is 20.2 Å². The fourth-order valence-electron chi connectivity index (χ4n) is 2.16. The Bertz CT molecular complexity index is 658. The number of benzene rings is 1. The van der Waals surface area contributed by atoms with E-state index in [9.17, 15) is 4.79 Å². The van der Waals surface area contributed by atoms with Crippen molar-refractivity contribution in [2.45, 2.75) is 6.10 Å². The molecule has 1 atom stereocenters. The Morgan fingerprint density at radius 2 is 2.10 bits per heavy atom. The Balaban J connectivity index is 1.63. The molecule has 1 aromatic heterocycles. The number of nitrogens with zero attached hydrogens (tertiary/aromatic N) is 1. The average Bonchev–Trinajstić information content (AvgIpc) is 2.93. The second-order valence-electron chi connectivity index (χ2n) is 4.79. The summed E-state index contributed by atoms with van der Waals surface area (Å²) in [4.78, 5) is 14.7. The van der Waals surface area contributed by atoms with Crippen molar-refractivity contribution < 1.29 is 14.3 Å². The van der Waals surface area contributed by atoms with Gasteiger partial charge < -0.3 is 14.4 Å². The number of likely N-dealkylation sites (N-methyl/N-ethyl adjacent to an activating group) is 1. The standard InChI is InChI=1S/C15H14BrNO3S/c1-17(15(18)13-6-7-14(16)21-13)8-10-9-19-11-4-2-3-5-12(11)20-10/h2-7,10H,8-9H2,1H3/t10-/m1/s1. The van der Waals surface area contributed by atoms with Gasteiger partial charge in [0.15, 0.2) is 17.6 Å². The number of rotatable bonds is 3. The number of carbonyl (C=O) groups excluding carboxylic acids is 1. The van der Waals surface area contributed by atoms with E-state index in [-0.39, 0.29) is 12.0 Å². The molecule has 2 heterocycles. The summed E-state index contributed by atoms with van der Waals surface area (Å²) in [6.07, 6.45) is -0.155. The number of amides is 1. The molecule has 6 heteroatoms. The molecule has 1 amide bonds. The third-order valence-electron chi connectivity index (χ3n) is 3.18. The second kappa shape index (κ2) is 6.07. The smallest absolute Gasteiger partial charge is 0.263 e. The molecular formula is C15H14BrNO3S. The molecule has 0 saturated carbocycles. The quantitative estimate of drug-likeness (QED) is 0.834. The van der Waals surface area contributed by atoms with Gasteiger partial charge in [-0.05, 0) is 40.2 Å². The zero-order valence-electron chi connectivity index (χ0n) is 11.4. The lowest BCUT2D eigenvalue weighted by atomic mass is 10.2. The molecule has 2 aromatic rings. The highest BCUT2D eigenvalue weighted by Gasteiger charge is 2.24. The van der Waals surface area contributed by atoms with E-state index in [1.807, 2.05) is 36.4 Å². The maximum Gasteiger partial charge on any atom is 0.263 e. The molecule has 110 valence electrons. The monoisotopic (exact) mass is 367 g/mol. The number of carbonyl (C=O) groups is 1. The lowest BCUT2D eigenvalue weighted by Crippen LogP contribution is -2.41. The van der Waals surface area contributed by atoms with E-state index in [4.69, 9.17) is 9.47 Å². The molecule has 3 rings (SSSR count). The zero-order chi connectivity index (χ0) is 14.8. The van der Waals surface area contributed by atoms with Crippen LogP contribution in [0.1, 0.15) is 9.67 Å². The number of ether oxygens (including phenoxy) is 2. The van der Waals surface area contributed by atoms with E-state index < -0.39 is 0 Å². The Kier molecular flexibility index (Phi) is 4.17. The summed E-state index contributed by atoms with van der Waals surface area (Å²) in [5, 5.41) is 0. The number of fused-ring (bicyclic) bond motifs is 1. The Morgan fingerprint density at radius 3 is 2.81 bits per heavy atom. The van der Waals surface area contributed by atoms with Gasteiger partial charge in [0.05, 0.1) is 15.2 Å². The highest BCUT2D eigenvalue weighted by molar-refractivity contribution is 9.11. The number of hydrogen-bond donors (Lipinski definition) is 0. The lowest BCUT2D eigenvalue weighted by molar-refractivity contribution is 0.0524. The first kappa shape index (κ1) is 14.4. The van der Waals surface area contributed by atoms with Crippen LogP contribution in [0.5, 0.6) is 11.5 Å². The Labute approximate surface area is 135 Å². The third-order valence-corrected chi connectivity index (χ3v) is 4.79. The molecule has 0 saturated heterocycles. The van der Waals surface area contributed by atoms with Crippen LogP contribution in [0.15, 0.2) is 40.2 Å². The Morgan fingerprint density at radius 1 is 1.33 bits per heavy atom. The van der Waals surface area contributed by atoms with Gasteiger partial charge in [-0.15, -0.1) is 11.3 Å². The van der Waals surface area contributed by atoms with Gasteiger partial charge in [0.2, 0.25) is 0 Å². The first-order valence-corrected chi connectivity index (χ1v) is 8.14. The van der Waals surface area contributed by atoms with Crippen LogP contribution < -0.4 is 9.47 Å². The minimum Gasteiger partial charge on any atom is -0.486 e. The first-order valence-electron chi connectivity index (χ1n) is 6.53. The van der Waals surface area contributed by atoms with Gasteiger partial charge in [0.1, 0.15) is 6.61 Å². The number of thiophene rings is 1. The predicted molar refractivity (Wildman–Crippen MR) is 85.3 cm³/mol. The fourth-order valence-corrected chi connectivity index (χ4v) is 3.54. The Hall–Kier alpha value is -1.53. The minimum absolute atomic E-state index is 0.00633. The molecule has 1 aliphatic rings. The van der Waals surface area contributed by atoms with Crippen LogP contribution in [-0.2, 0) is 0 Å². The van der Waals surface area contributed by atoms with E-state index in [0.717, 1.165) is 15.3 Å². The van der Waals surface area contributed by atoms with E-state index in [0.29, 0.717) is 18.0 Å². The maximum atomic E-state index is 12.3. The SMILES string of the molecule is CN(C[C@@H]1COc2ccccc2O1)C(=O)c1ccc(Br)s1. The van der Waals surface area contributed by atoms with Gasteiger partial charge in [0.25, 0.3) is 5.91 Å². The van der Waals surface area contributed by atoms with Crippen LogP contribution in [0, 0.1) is 0 Å². The predicted octanol–water partition coefficient (Wildman–Crippen LogP) is 3.42. The van der Waals surface area contributed by atoms with Crippen LogP contribution in [0.25, 0.3) is 0 Å². The lowest BCUT2D eigenvalue weighted by Gasteiger charge is -2.29. The van der Waals surface area contributed by atoms with E-state index >= 15 is 0 Å². The third kappa shape index (κ3) is 3.22. The molecule has 4 nitrogen and oxygen atoms in total. The highest BCUT2D eigenvalue weighted by atomic mass is 79.9. The molecule has 0 N–H and O–H groups in total. The maximum absolute atomic E-state index is 12.3. The molecule has 0 spiro atoms. The van der Waals surface area contributed by atoms with Gasteiger partial charge in [-0.2, -0.15) is 0 Å². The van der Waals surface area contributed by atoms with Crippen LogP contribution in [0.4, 0.5) is 0 Å². The summed E-state index contributed by atoms with van der Waals surface area (Å²) < 4.78 is 12.5. The van der Waals surface area contributed by atoms with Crippen molar-refractivity contribution in [3.63, 3.8) is 0 Å². The molecular weight excluding hydrogens is 354 g/mol. The van der Waals surface area contributed by atoms with Gasteiger partial charge in [-0.25, -0.2) is 0 Å². The normalized spacial score (nSPS) is 16.6. The van der Waals surface area contributed by atoms with Crippen LogP contribution >= 0.6 is 27.3 Å². The van der Waals surface area contributed by atoms with E-state index in [1.165, 1.54) is 11.3 Å². The molecule has 0 fully saturated rings. The zero-order valence-corrected chi connectivity index (χ0v) is 13.8. The van der Waals surface area contributed by atoms with Crippen LogP contribution in [0.2, 0.25) is 0 Å². The molecule has 0 bridgehead atoms. The number of para-hydroxylation sites is 2. The molecule has 1 aliphatic heterocycles. The van der Waals surface area contributed by atoms with Gasteiger partial charge >= 0.3 is 0 Å². The van der Waals surface area contributed by atoms with Gasteiger partial charge in [-0.1, -0.05) is 12.1 Å². The molecule has 0 unspecified atom stereocenters. The summed E-state index contributed by atoms with van der Waals surface area (Å²) >= 11 is 4.80. The van der Waals surface area contributed by atoms with E-state index in [2.05, 4.69) is 15.9 Å². The molecule has 0 radical (unpaired) electrons. The fraction of sp³-hybridized carbons (Fsp3) is 0.267. The van der Waals surface area contributed by atoms with Crippen molar-refractivity contribution >= 4 is 33.2 Å². The molecule has 21 heavy (non-hydrogen) atoms. The van der Waals surface area contributed by atoms with Crippen molar-refractivity contribution in [3.05, 3.63) is 45.1 Å². The topological polar surface area (TPSA) is 38.8 Å². The molecule has 0 aliphatic carbocycles. The van der Waals surface area contributed by atoms with Crippen LogP contribution in [-0.4, -0.2) is 37.1 Å². The summed E-state index contributed by atoms with van der Waals surface area (Å²) in [5.41, 5.74) is 0. The van der Waals surface area contributed by atoms with Crippen molar-refractivity contribution in [2.24, 2.45) is 0 Å². The second-order valence-corrected chi connectivity index (χ2v) is 7.25.